The van der Waals surface area contributed by atoms with E-state index in [4.69, 9.17) is 14.6 Å². The molecule has 0 aromatic carbocycles. The third-order valence-corrected chi connectivity index (χ3v) is 3.53. The molecule has 1 aliphatic heterocycles. The summed E-state index contributed by atoms with van der Waals surface area (Å²) in [6.45, 7) is 2.44. The van der Waals surface area contributed by atoms with Gasteiger partial charge < -0.3 is 24.8 Å². The molecule has 0 amide bonds. The summed E-state index contributed by atoms with van der Waals surface area (Å²) in [7, 11) is 0. The first-order chi connectivity index (χ1) is 9.70. The second-order valence-corrected chi connectivity index (χ2v) is 5.23. The van der Waals surface area contributed by atoms with E-state index < -0.39 is 31.0 Å². The Bertz CT molecular complexity index is 269. The van der Waals surface area contributed by atoms with Gasteiger partial charge in [0.2, 0.25) is 0 Å². The minimum atomic E-state index is -1.06. The minimum absolute atomic E-state index is 0.243. The molecule has 1 fully saturated rings. The minimum Gasteiger partial charge on any atom is -0.394 e. The molecule has 1 rings (SSSR count). The van der Waals surface area contributed by atoms with Crippen LogP contribution in [0.5, 0.6) is 0 Å². The first kappa shape index (κ1) is 17.6. The Labute approximate surface area is 121 Å². The fourth-order valence-electron chi connectivity index (χ4n) is 2.26. The first-order valence-corrected chi connectivity index (χ1v) is 7.55. The third-order valence-electron chi connectivity index (χ3n) is 3.53. The lowest BCUT2D eigenvalue weighted by molar-refractivity contribution is -0.0716. The Kier molecular flexibility index (Phi) is 9.05. The average Bonchev–Trinajstić information content (AvgIpc) is 2.82. The van der Waals surface area contributed by atoms with Crippen molar-refractivity contribution in [2.24, 2.45) is 0 Å². The number of hydrogen-bond acceptors (Lipinski definition) is 5. The topological polar surface area (TPSA) is 79.2 Å². The lowest BCUT2D eigenvalue weighted by Crippen LogP contribution is -2.41. The lowest BCUT2D eigenvalue weighted by Gasteiger charge is -2.20. The van der Waals surface area contributed by atoms with Crippen LogP contribution in [0.1, 0.15) is 39.0 Å². The van der Waals surface area contributed by atoms with E-state index in [1.807, 2.05) is 6.08 Å². The summed E-state index contributed by atoms with van der Waals surface area (Å²) in [4.78, 5) is 0. The molecule has 20 heavy (non-hydrogen) atoms. The number of rotatable bonds is 10. The van der Waals surface area contributed by atoms with Crippen LogP contribution in [0.25, 0.3) is 0 Å². The van der Waals surface area contributed by atoms with Gasteiger partial charge in [-0.3, -0.25) is 0 Å². The van der Waals surface area contributed by atoms with Gasteiger partial charge in [0, 0.05) is 0 Å². The maximum atomic E-state index is 9.90. The number of ether oxygens (including phenoxy) is 2. The van der Waals surface area contributed by atoms with Crippen molar-refractivity contribution in [2.75, 3.05) is 19.8 Å². The van der Waals surface area contributed by atoms with E-state index in [1.165, 1.54) is 25.7 Å². The predicted octanol–water partition coefficient (Wildman–Crippen LogP) is 1.01. The molecule has 3 N–H and O–H groups in total. The van der Waals surface area contributed by atoms with E-state index in [0.717, 1.165) is 6.42 Å². The van der Waals surface area contributed by atoms with Crippen molar-refractivity contribution in [3.8, 4) is 0 Å². The van der Waals surface area contributed by atoms with Gasteiger partial charge in [-0.2, -0.15) is 0 Å². The third kappa shape index (κ3) is 5.89. The van der Waals surface area contributed by atoms with Crippen LogP contribution in [0.3, 0.4) is 0 Å². The molecule has 0 aromatic rings. The van der Waals surface area contributed by atoms with E-state index in [0.29, 0.717) is 6.61 Å². The van der Waals surface area contributed by atoms with Gasteiger partial charge in [0.15, 0.2) is 0 Å². The van der Waals surface area contributed by atoms with Crippen LogP contribution in [0.15, 0.2) is 12.2 Å². The number of hydrogen-bond donors (Lipinski definition) is 3. The quantitative estimate of drug-likeness (QED) is 0.413. The molecule has 0 unspecified atom stereocenters. The van der Waals surface area contributed by atoms with Crippen LogP contribution in [-0.4, -0.2) is 59.6 Å². The molecule has 4 atom stereocenters. The standard InChI is InChI=1S/C15H28O5/c1-2-3-4-5-6-7-8-9-19-13-11-20-15(14(13)18)12(17)10-16/h7-8,12-18H,2-6,9-11H2,1H3/b8-7+/t12-,13+,14-,15-/m0/s1. The van der Waals surface area contributed by atoms with Gasteiger partial charge in [-0.15, -0.1) is 0 Å². The van der Waals surface area contributed by atoms with Crippen LogP contribution in [-0.2, 0) is 9.47 Å². The van der Waals surface area contributed by atoms with E-state index in [2.05, 4.69) is 13.0 Å². The van der Waals surface area contributed by atoms with Gasteiger partial charge in [0.25, 0.3) is 0 Å². The van der Waals surface area contributed by atoms with E-state index in [9.17, 15) is 10.2 Å². The summed E-state index contributed by atoms with van der Waals surface area (Å²) >= 11 is 0. The van der Waals surface area contributed by atoms with Gasteiger partial charge in [0.1, 0.15) is 24.4 Å². The Morgan fingerprint density at radius 1 is 1.30 bits per heavy atom. The summed E-state index contributed by atoms with van der Waals surface area (Å²) in [5.41, 5.74) is 0. The Morgan fingerprint density at radius 2 is 2.10 bits per heavy atom. The molecule has 0 saturated carbocycles. The molecule has 1 saturated heterocycles. The highest BCUT2D eigenvalue weighted by atomic mass is 16.6. The number of allylic oxidation sites excluding steroid dienone is 1. The molecule has 0 bridgehead atoms. The van der Waals surface area contributed by atoms with E-state index in [-0.39, 0.29) is 6.61 Å². The summed E-state index contributed by atoms with van der Waals surface area (Å²) in [5, 5.41) is 28.2. The van der Waals surface area contributed by atoms with Crippen molar-refractivity contribution in [3.05, 3.63) is 12.2 Å². The normalized spacial score (nSPS) is 28.3. The Morgan fingerprint density at radius 3 is 2.80 bits per heavy atom. The van der Waals surface area contributed by atoms with E-state index in [1.54, 1.807) is 0 Å². The molecule has 118 valence electrons. The summed E-state index contributed by atoms with van der Waals surface area (Å²) in [6, 6.07) is 0. The fourth-order valence-corrected chi connectivity index (χ4v) is 2.26. The maximum absolute atomic E-state index is 9.90. The number of aliphatic hydroxyl groups is 3. The average molecular weight is 288 g/mol. The van der Waals surface area contributed by atoms with Crippen molar-refractivity contribution < 1.29 is 24.8 Å². The lowest BCUT2D eigenvalue weighted by atomic mass is 10.1. The van der Waals surface area contributed by atoms with Crippen molar-refractivity contribution in [1.82, 2.24) is 0 Å². The van der Waals surface area contributed by atoms with E-state index >= 15 is 0 Å². The van der Waals surface area contributed by atoms with Crippen LogP contribution < -0.4 is 0 Å². The van der Waals surface area contributed by atoms with Crippen molar-refractivity contribution in [1.29, 1.82) is 0 Å². The molecule has 1 heterocycles. The zero-order chi connectivity index (χ0) is 14.8. The van der Waals surface area contributed by atoms with Crippen molar-refractivity contribution >= 4 is 0 Å². The smallest absolute Gasteiger partial charge is 0.114 e. The largest absolute Gasteiger partial charge is 0.394 e. The highest BCUT2D eigenvalue weighted by Gasteiger charge is 2.40. The highest BCUT2D eigenvalue weighted by Crippen LogP contribution is 2.20. The molecule has 1 aliphatic rings. The molecular formula is C15H28O5. The van der Waals surface area contributed by atoms with Crippen molar-refractivity contribution in [2.45, 2.75) is 63.4 Å². The Hall–Kier alpha value is -0.460. The summed E-state index contributed by atoms with van der Waals surface area (Å²) in [5.74, 6) is 0. The SMILES string of the molecule is CCCCCC/C=C/CO[C@@H]1CO[C@@H]([C@@H](O)CO)[C@H]1O. The fraction of sp³-hybridized carbons (Fsp3) is 0.867. The molecule has 0 aliphatic carbocycles. The van der Waals surface area contributed by atoms with Crippen LogP contribution in [0.2, 0.25) is 0 Å². The van der Waals surface area contributed by atoms with Gasteiger partial charge in [-0.25, -0.2) is 0 Å². The highest BCUT2D eigenvalue weighted by molar-refractivity contribution is 4.90. The van der Waals surface area contributed by atoms with Crippen LogP contribution in [0, 0.1) is 0 Å². The monoisotopic (exact) mass is 288 g/mol. The van der Waals surface area contributed by atoms with Crippen LogP contribution in [0.4, 0.5) is 0 Å². The van der Waals surface area contributed by atoms with Crippen LogP contribution >= 0.6 is 0 Å². The van der Waals surface area contributed by atoms with Gasteiger partial charge >= 0.3 is 0 Å². The second kappa shape index (κ2) is 10.3. The van der Waals surface area contributed by atoms with Crippen molar-refractivity contribution in [3.63, 3.8) is 0 Å². The molecule has 0 spiro atoms. The number of aliphatic hydroxyl groups excluding tert-OH is 3. The van der Waals surface area contributed by atoms with Gasteiger partial charge in [0.05, 0.1) is 19.8 Å². The molecule has 5 heteroatoms. The Balaban J connectivity index is 2.12. The summed E-state index contributed by atoms with van der Waals surface area (Å²) in [6.07, 6.45) is 6.93. The predicted molar refractivity (Wildman–Crippen MR) is 76.5 cm³/mol. The maximum Gasteiger partial charge on any atom is 0.114 e. The molecular weight excluding hydrogens is 260 g/mol. The van der Waals surface area contributed by atoms with Gasteiger partial charge in [-0.1, -0.05) is 38.3 Å². The molecule has 0 aromatic heterocycles. The summed E-state index contributed by atoms with van der Waals surface area (Å²) < 4.78 is 10.8. The number of unbranched alkanes of at least 4 members (excludes halogenated alkanes) is 4. The molecule has 0 radical (unpaired) electrons. The zero-order valence-electron chi connectivity index (χ0n) is 12.3. The molecule has 5 nitrogen and oxygen atoms in total. The first-order valence-electron chi connectivity index (χ1n) is 7.55. The zero-order valence-corrected chi connectivity index (χ0v) is 12.3. The van der Waals surface area contributed by atoms with Gasteiger partial charge in [-0.05, 0) is 12.8 Å². The second-order valence-electron chi connectivity index (χ2n) is 5.23.